The van der Waals surface area contributed by atoms with Crippen molar-refractivity contribution in [2.45, 2.75) is 0 Å². The third-order valence-corrected chi connectivity index (χ3v) is 0.830. The van der Waals surface area contributed by atoms with Gasteiger partial charge in [0.25, 0.3) is 0 Å². The number of hydrogen-bond acceptors (Lipinski definition) is 3. The van der Waals surface area contributed by atoms with Crippen LogP contribution in [0.15, 0.2) is 37.0 Å². The standard InChI is InChI=1S/C7H11N.N2/c1-3-5-7(4-2)6-8;1-2/h3-5H,1-2,6,8H2;/b7-5+;. The van der Waals surface area contributed by atoms with E-state index in [1.165, 1.54) is 0 Å². The summed E-state index contributed by atoms with van der Waals surface area (Å²) < 4.78 is 0. The van der Waals surface area contributed by atoms with Crippen LogP contribution in [0.2, 0.25) is 0 Å². The molecule has 0 aliphatic rings. The van der Waals surface area contributed by atoms with Crippen LogP contribution in [0.25, 0.3) is 0 Å². The molecule has 0 amide bonds. The summed E-state index contributed by atoms with van der Waals surface area (Å²) in [7, 11) is 0. The minimum Gasteiger partial charge on any atom is -0.326 e. The Morgan fingerprint density at radius 2 is 1.90 bits per heavy atom. The Kier molecular flexibility index (Phi) is 12.0. The summed E-state index contributed by atoms with van der Waals surface area (Å²) >= 11 is 0. The monoisotopic (exact) mass is 137 g/mol. The molecule has 0 rings (SSSR count). The van der Waals surface area contributed by atoms with E-state index in [1.54, 1.807) is 12.2 Å². The summed E-state index contributed by atoms with van der Waals surface area (Å²) in [5, 5.41) is 12.0. The van der Waals surface area contributed by atoms with E-state index in [2.05, 4.69) is 13.2 Å². The molecule has 0 radical (unpaired) electrons. The first kappa shape index (κ1) is 11.4. The van der Waals surface area contributed by atoms with Crippen molar-refractivity contribution in [2.75, 3.05) is 6.54 Å². The van der Waals surface area contributed by atoms with E-state index < -0.39 is 0 Å². The lowest BCUT2D eigenvalue weighted by Gasteiger charge is -1.89. The molecule has 0 aliphatic carbocycles. The van der Waals surface area contributed by atoms with E-state index in [0.29, 0.717) is 6.54 Å². The minimum absolute atomic E-state index is 0.537. The SMILES string of the molecule is C=C/C=C(\C=C)CN.N#N. The van der Waals surface area contributed by atoms with Gasteiger partial charge in [0, 0.05) is 17.3 Å². The second-order valence-electron chi connectivity index (χ2n) is 1.39. The first-order valence-electron chi connectivity index (χ1n) is 2.69. The van der Waals surface area contributed by atoms with Crippen LogP contribution in [0.5, 0.6) is 0 Å². The van der Waals surface area contributed by atoms with Gasteiger partial charge in [0.2, 0.25) is 0 Å². The van der Waals surface area contributed by atoms with E-state index >= 15 is 0 Å². The number of nitrogens with zero attached hydrogens (tertiary/aromatic N) is 2. The van der Waals surface area contributed by atoms with Crippen molar-refractivity contribution >= 4 is 0 Å². The van der Waals surface area contributed by atoms with Crippen molar-refractivity contribution in [3.05, 3.63) is 37.0 Å². The summed E-state index contributed by atoms with van der Waals surface area (Å²) in [5.41, 5.74) is 6.30. The van der Waals surface area contributed by atoms with Crippen LogP contribution in [-0.2, 0) is 0 Å². The molecular formula is C7H11N3. The fourth-order valence-corrected chi connectivity index (χ4v) is 0.371. The molecule has 10 heavy (non-hydrogen) atoms. The maximum atomic E-state index is 6.00. The summed E-state index contributed by atoms with van der Waals surface area (Å²) in [5.74, 6) is 0. The van der Waals surface area contributed by atoms with E-state index in [-0.39, 0.29) is 0 Å². The van der Waals surface area contributed by atoms with Gasteiger partial charge < -0.3 is 5.73 Å². The third-order valence-electron chi connectivity index (χ3n) is 0.830. The molecule has 0 saturated carbocycles. The van der Waals surface area contributed by atoms with Gasteiger partial charge >= 0.3 is 0 Å². The number of rotatable bonds is 3. The second-order valence-corrected chi connectivity index (χ2v) is 1.39. The van der Waals surface area contributed by atoms with Gasteiger partial charge in [0.05, 0.1) is 0 Å². The highest BCUT2D eigenvalue weighted by atomic mass is 14.6. The van der Waals surface area contributed by atoms with E-state index in [4.69, 9.17) is 16.5 Å². The van der Waals surface area contributed by atoms with Crippen LogP contribution in [0.4, 0.5) is 0 Å². The predicted octanol–water partition coefficient (Wildman–Crippen LogP) is 1.27. The summed E-state index contributed by atoms with van der Waals surface area (Å²) in [6, 6.07) is 0. The Morgan fingerprint density at radius 1 is 1.40 bits per heavy atom. The lowest BCUT2D eigenvalue weighted by Crippen LogP contribution is -1.99. The number of allylic oxidation sites excluding steroid dienone is 2. The summed E-state index contributed by atoms with van der Waals surface area (Å²) in [6.07, 6.45) is 5.26. The maximum absolute atomic E-state index is 6.00. The fourth-order valence-electron chi connectivity index (χ4n) is 0.371. The molecule has 0 spiro atoms. The third kappa shape index (κ3) is 6.60. The van der Waals surface area contributed by atoms with Crippen LogP contribution in [-0.4, -0.2) is 6.54 Å². The molecule has 0 aromatic rings. The molecule has 54 valence electrons. The van der Waals surface area contributed by atoms with E-state index in [0.717, 1.165) is 5.57 Å². The smallest absolute Gasteiger partial charge is 0.0177 e. The van der Waals surface area contributed by atoms with Crippen LogP contribution in [0.1, 0.15) is 0 Å². The molecule has 2 N–H and O–H groups in total. The van der Waals surface area contributed by atoms with Gasteiger partial charge in [0.1, 0.15) is 0 Å². The lowest BCUT2D eigenvalue weighted by atomic mass is 10.2. The quantitative estimate of drug-likeness (QED) is 0.470. The second kappa shape index (κ2) is 10.6. The van der Waals surface area contributed by atoms with Crippen molar-refractivity contribution in [3.63, 3.8) is 0 Å². The molecule has 3 nitrogen and oxygen atoms in total. The van der Waals surface area contributed by atoms with Crippen molar-refractivity contribution in [1.29, 1.82) is 10.8 Å². The van der Waals surface area contributed by atoms with Gasteiger partial charge in [-0.1, -0.05) is 31.4 Å². The van der Waals surface area contributed by atoms with Gasteiger partial charge in [-0.3, -0.25) is 0 Å². The Hall–Kier alpha value is -1.40. The highest BCUT2D eigenvalue weighted by molar-refractivity contribution is 5.21. The first-order chi connectivity index (χ1) is 4.85. The molecule has 0 fully saturated rings. The van der Waals surface area contributed by atoms with Gasteiger partial charge in [-0.25, -0.2) is 0 Å². The summed E-state index contributed by atoms with van der Waals surface area (Å²) in [4.78, 5) is 0. The Morgan fingerprint density at radius 3 is 2.00 bits per heavy atom. The van der Waals surface area contributed by atoms with Crippen molar-refractivity contribution in [3.8, 4) is 0 Å². The zero-order chi connectivity index (χ0) is 8.41. The molecule has 0 bridgehead atoms. The van der Waals surface area contributed by atoms with E-state index in [1.807, 2.05) is 6.08 Å². The average Bonchev–Trinajstić information content (AvgIpc) is 2.04. The van der Waals surface area contributed by atoms with E-state index in [9.17, 15) is 0 Å². The molecule has 3 heteroatoms. The number of hydrogen-bond donors (Lipinski definition) is 1. The highest BCUT2D eigenvalue weighted by Crippen LogP contribution is 1.90. The Balaban J connectivity index is 0. The number of nitrogens with two attached hydrogens (primary N) is 1. The summed E-state index contributed by atoms with van der Waals surface area (Å²) in [6.45, 7) is 7.61. The Labute approximate surface area is 61.0 Å². The van der Waals surface area contributed by atoms with Gasteiger partial charge in [-0.2, -0.15) is 0 Å². The average molecular weight is 137 g/mol. The molecule has 0 atom stereocenters. The van der Waals surface area contributed by atoms with Gasteiger partial charge in [-0.15, -0.1) is 0 Å². The van der Waals surface area contributed by atoms with Crippen LogP contribution in [0, 0.1) is 10.8 Å². The molecule has 0 saturated heterocycles. The van der Waals surface area contributed by atoms with Crippen molar-refractivity contribution < 1.29 is 0 Å². The highest BCUT2D eigenvalue weighted by Gasteiger charge is 1.79. The van der Waals surface area contributed by atoms with Crippen LogP contribution < -0.4 is 5.73 Å². The van der Waals surface area contributed by atoms with Crippen LogP contribution >= 0.6 is 0 Å². The van der Waals surface area contributed by atoms with Crippen molar-refractivity contribution in [2.24, 2.45) is 5.73 Å². The predicted molar refractivity (Wildman–Crippen MR) is 41.0 cm³/mol. The van der Waals surface area contributed by atoms with Crippen molar-refractivity contribution in [1.82, 2.24) is 0 Å². The fraction of sp³-hybridized carbons (Fsp3) is 0.143. The minimum atomic E-state index is 0.537. The molecular weight excluding hydrogens is 126 g/mol. The van der Waals surface area contributed by atoms with Gasteiger partial charge in [0.15, 0.2) is 0 Å². The molecule has 0 aromatic carbocycles. The molecule has 0 heterocycles. The zero-order valence-corrected chi connectivity index (χ0v) is 5.83. The first-order valence-corrected chi connectivity index (χ1v) is 2.69. The largest absolute Gasteiger partial charge is 0.326 e. The Bertz CT molecular complexity index is 144. The lowest BCUT2D eigenvalue weighted by molar-refractivity contribution is 1.15. The maximum Gasteiger partial charge on any atom is 0.0177 e. The molecule has 0 aromatic heterocycles. The zero-order valence-electron chi connectivity index (χ0n) is 5.83. The molecule has 0 unspecified atom stereocenters. The van der Waals surface area contributed by atoms with Crippen LogP contribution in [0.3, 0.4) is 0 Å². The van der Waals surface area contributed by atoms with Gasteiger partial charge in [-0.05, 0) is 5.57 Å². The topological polar surface area (TPSA) is 73.6 Å². The molecule has 0 aliphatic heterocycles. The normalized spacial score (nSPS) is 8.90.